The van der Waals surface area contributed by atoms with Crippen LogP contribution in [0.2, 0.25) is 36.3 Å². The molecule has 0 aliphatic carbocycles. The van der Waals surface area contributed by atoms with Gasteiger partial charge in [0.2, 0.25) is 0 Å². The standard InChI is InChI=1S/C49H78O7Si2/c1-16-19-41-28-30-44(51-11)46(54-41)23-17-20-37(2)35-43(55-57(12,13)48(4,5)6)21-18-22-45(53-36-39-24-26-40(50-10)27-25-39)47(56-58(14,15)49(7,8)9)31-29-42-34-38(3)32-33-52-42/h1,18,21,24-32,41-47H,2,17,19-20,22-23,33-36H2,3-15H3/b21-18+,31-29+. The average molecular weight is 835 g/mol. The summed E-state index contributed by atoms with van der Waals surface area (Å²) >= 11 is 0. The zero-order chi connectivity index (χ0) is 43.1. The largest absolute Gasteiger partial charge is 0.497 e. The van der Waals surface area contributed by atoms with E-state index in [9.17, 15) is 0 Å². The van der Waals surface area contributed by atoms with Crippen molar-refractivity contribution in [2.24, 2.45) is 0 Å². The molecule has 0 N–H and O–H groups in total. The normalized spacial score (nSPS) is 22.4. The van der Waals surface area contributed by atoms with Crippen LogP contribution in [-0.2, 0) is 34.4 Å². The van der Waals surface area contributed by atoms with Crippen molar-refractivity contribution in [3.05, 3.63) is 90.1 Å². The smallest absolute Gasteiger partial charge is 0.193 e. The van der Waals surface area contributed by atoms with Gasteiger partial charge in [-0.25, -0.2) is 0 Å². The highest BCUT2D eigenvalue weighted by Gasteiger charge is 2.41. The number of methoxy groups -OCH3 is 2. The van der Waals surface area contributed by atoms with E-state index in [4.69, 9.17) is 39.0 Å². The van der Waals surface area contributed by atoms with Gasteiger partial charge in [0.25, 0.3) is 0 Å². The fourth-order valence-electron chi connectivity index (χ4n) is 6.52. The molecular formula is C49H78O7Si2. The van der Waals surface area contributed by atoms with Crippen LogP contribution in [0.1, 0.15) is 99.0 Å². The second-order valence-corrected chi connectivity index (χ2v) is 28.7. The van der Waals surface area contributed by atoms with Gasteiger partial charge in [-0.05, 0) is 99.4 Å². The van der Waals surface area contributed by atoms with Crippen molar-refractivity contribution in [3.63, 3.8) is 0 Å². The predicted octanol–water partition coefficient (Wildman–Crippen LogP) is 12.1. The first-order valence-electron chi connectivity index (χ1n) is 21.4. The Bertz CT molecular complexity index is 1570. The van der Waals surface area contributed by atoms with Crippen LogP contribution in [0.5, 0.6) is 5.75 Å². The van der Waals surface area contributed by atoms with Crippen LogP contribution in [0.25, 0.3) is 0 Å². The van der Waals surface area contributed by atoms with Gasteiger partial charge in [-0.1, -0.05) is 114 Å². The summed E-state index contributed by atoms with van der Waals surface area (Å²) in [6, 6.07) is 8.09. The Balaban J connectivity index is 1.88. The summed E-state index contributed by atoms with van der Waals surface area (Å²) in [6.07, 6.45) is 25.5. The molecule has 0 bridgehead atoms. The minimum atomic E-state index is -2.21. The quantitative estimate of drug-likeness (QED) is 0.0655. The lowest BCUT2D eigenvalue weighted by Crippen LogP contribution is -2.47. The Morgan fingerprint density at radius 3 is 2.26 bits per heavy atom. The van der Waals surface area contributed by atoms with Gasteiger partial charge in [0.05, 0.1) is 56.9 Å². The summed E-state index contributed by atoms with van der Waals surface area (Å²) in [5.74, 6) is 3.55. The highest BCUT2D eigenvalue weighted by atomic mass is 28.4. The highest BCUT2D eigenvalue weighted by molar-refractivity contribution is 6.74. The van der Waals surface area contributed by atoms with E-state index >= 15 is 0 Å². The summed E-state index contributed by atoms with van der Waals surface area (Å²) in [4.78, 5) is 0. The first kappa shape index (κ1) is 49.8. The van der Waals surface area contributed by atoms with Gasteiger partial charge in [-0.15, -0.1) is 12.3 Å². The number of hydrogen-bond acceptors (Lipinski definition) is 7. The van der Waals surface area contributed by atoms with E-state index in [1.165, 1.54) is 11.1 Å². The van der Waals surface area contributed by atoms with Gasteiger partial charge in [0.15, 0.2) is 16.6 Å². The van der Waals surface area contributed by atoms with E-state index in [-0.39, 0.29) is 52.8 Å². The summed E-state index contributed by atoms with van der Waals surface area (Å²) in [5.41, 5.74) is 3.59. The predicted molar refractivity (Wildman–Crippen MR) is 246 cm³/mol. The van der Waals surface area contributed by atoms with Crippen LogP contribution < -0.4 is 4.74 Å². The van der Waals surface area contributed by atoms with Crippen LogP contribution >= 0.6 is 0 Å². The van der Waals surface area contributed by atoms with Gasteiger partial charge in [-0.3, -0.25) is 0 Å². The summed E-state index contributed by atoms with van der Waals surface area (Å²) < 4.78 is 44.8. The molecule has 1 aromatic carbocycles. The van der Waals surface area contributed by atoms with Crippen LogP contribution in [0.15, 0.2) is 84.5 Å². The summed E-state index contributed by atoms with van der Waals surface area (Å²) in [6.45, 7) is 30.8. The molecule has 3 rings (SSSR count). The minimum Gasteiger partial charge on any atom is -0.497 e. The summed E-state index contributed by atoms with van der Waals surface area (Å²) in [5, 5.41) is 0.0776. The fourth-order valence-corrected chi connectivity index (χ4v) is 9.05. The van der Waals surface area contributed by atoms with Crippen LogP contribution in [0.4, 0.5) is 0 Å². The van der Waals surface area contributed by atoms with Gasteiger partial charge in [0, 0.05) is 13.5 Å². The van der Waals surface area contributed by atoms with E-state index in [1.807, 2.05) is 18.2 Å². The van der Waals surface area contributed by atoms with Crippen molar-refractivity contribution < 1.29 is 32.5 Å². The molecule has 7 atom stereocenters. The van der Waals surface area contributed by atoms with E-state index in [1.54, 1.807) is 14.2 Å². The molecule has 0 fully saturated rings. The molecule has 9 heteroatoms. The molecule has 324 valence electrons. The lowest BCUT2D eigenvalue weighted by molar-refractivity contribution is -0.0721. The molecule has 0 radical (unpaired) electrons. The Morgan fingerprint density at radius 2 is 1.66 bits per heavy atom. The Kier molecular flexibility index (Phi) is 19.7. The van der Waals surface area contributed by atoms with Crippen molar-refractivity contribution in [2.75, 3.05) is 20.8 Å². The van der Waals surface area contributed by atoms with Crippen molar-refractivity contribution in [2.45, 2.75) is 179 Å². The molecule has 7 unspecified atom stereocenters. The molecule has 2 aliphatic heterocycles. The van der Waals surface area contributed by atoms with E-state index in [0.29, 0.717) is 26.1 Å². The van der Waals surface area contributed by atoms with Gasteiger partial charge >= 0.3 is 0 Å². The topological polar surface area (TPSA) is 64.6 Å². The average Bonchev–Trinajstić information content (AvgIpc) is 3.14. The number of benzene rings is 1. The number of hydrogen-bond donors (Lipinski definition) is 0. The third-order valence-corrected chi connectivity index (χ3v) is 21.3. The first-order chi connectivity index (χ1) is 27.2. The molecule has 0 spiro atoms. The zero-order valence-corrected chi connectivity index (χ0v) is 40.4. The van der Waals surface area contributed by atoms with E-state index in [2.05, 4.69) is 136 Å². The van der Waals surface area contributed by atoms with Crippen molar-refractivity contribution in [3.8, 4) is 18.1 Å². The van der Waals surface area contributed by atoms with Crippen LogP contribution in [0.3, 0.4) is 0 Å². The van der Waals surface area contributed by atoms with Crippen LogP contribution in [0, 0.1) is 12.3 Å². The molecule has 0 saturated heterocycles. The third kappa shape index (κ3) is 16.2. The molecule has 7 nitrogen and oxygen atoms in total. The van der Waals surface area contributed by atoms with E-state index < -0.39 is 16.6 Å². The lowest BCUT2D eigenvalue weighted by atomic mass is 9.98. The Labute approximate surface area is 355 Å². The molecular weight excluding hydrogens is 757 g/mol. The molecule has 0 amide bonds. The maximum absolute atomic E-state index is 7.22. The maximum atomic E-state index is 7.22. The van der Waals surface area contributed by atoms with Crippen molar-refractivity contribution in [1.82, 2.24) is 0 Å². The van der Waals surface area contributed by atoms with E-state index in [0.717, 1.165) is 43.4 Å². The maximum Gasteiger partial charge on any atom is 0.193 e. The molecule has 2 aliphatic rings. The fraction of sp³-hybridized carbons (Fsp3) is 0.633. The second-order valence-electron chi connectivity index (χ2n) is 19.2. The molecule has 0 aromatic heterocycles. The Hall–Kier alpha value is -2.53. The number of rotatable bonds is 22. The Morgan fingerprint density at radius 1 is 0.983 bits per heavy atom. The lowest BCUT2D eigenvalue weighted by Gasteiger charge is -2.40. The minimum absolute atomic E-state index is 0.00702. The zero-order valence-electron chi connectivity index (χ0n) is 38.4. The second kappa shape index (κ2) is 22.9. The van der Waals surface area contributed by atoms with Gasteiger partial charge in [0.1, 0.15) is 11.9 Å². The molecule has 0 saturated carbocycles. The van der Waals surface area contributed by atoms with Crippen LogP contribution in [-0.4, -0.2) is 80.2 Å². The number of terminal acetylenes is 1. The van der Waals surface area contributed by atoms with Gasteiger partial charge < -0.3 is 32.5 Å². The molecule has 1 aromatic rings. The molecule has 58 heavy (non-hydrogen) atoms. The SMILES string of the molecule is C#CCC1C=CC(OC)C(CCCC(=C)CC(/C=C/CC(OCc2ccc(OC)cc2)C(/C=C/C2CC(C)=CCO2)O[Si](C)(C)C(C)(C)C)O[Si](C)(C)C(C)(C)C)O1. The molecule has 2 heterocycles. The summed E-state index contributed by atoms with van der Waals surface area (Å²) in [7, 11) is -0.914. The monoisotopic (exact) mass is 835 g/mol. The highest BCUT2D eigenvalue weighted by Crippen LogP contribution is 2.40. The number of ether oxygens (including phenoxy) is 5. The van der Waals surface area contributed by atoms with Crippen molar-refractivity contribution >= 4 is 16.6 Å². The van der Waals surface area contributed by atoms with Gasteiger partial charge in [-0.2, -0.15) is 0 Å². The third-order valence-electron chi connectivity index (χ3n) is 12.3. The first-order valence-corrected chi connectivity index (χ1v) is 27.2. The van der Waals surface area contributed by atoms with Crippen molar-refractivity contribution in [1.29, 1.82) is 0 Å².